The number of nitrogens with one attached hydrogen (secondary N) is 1. The molecule has 2 fully saturated rings. The average molecular weight is 380 g/mol. The highest BCUT2D eigenvalue weighted by atomic mass is 32.2. The Morgan fingerprint density at radius 3 is 2.96 bits per heavy atom. The van der Waals surface area contributed by atoms with Gasteiger partial charge in [0, 0.05) is 31.4 Å². The first-order valence-corrected chi connectivity index (χ1v) is 10.2. The third kappa shape index (κ3) is 3.53. The van der Waals surface area contributed by atoms with Crippen LogP contribution >= 0.6 is 11.8 Å². The zero-order valence-corrected chi connectivity index (χ0v) is 16.9. The fourth-order valence-electron chi connectivity index (χ4n) is 4.28. The molecule has 2 atom stereocenters. The molecule has 0 aliphatic heterocycles. The molecule has 0 spiro atoms. The van der Waals surface area contributed by atoms with E-state index in [9.17, 15) is 4.79 Å². The molecule has 1 heterocycles. The molecule has 2 saturated carbocycles. The third-order valence-electron chi connectivity index (χ3n) is 6.49. The summed E-state index contributed by atoms with van der Waals surface area (Å²) in [5, 5.41) is 13.3. The van der Waals surface area contributed by atoms with Gasteiger partial charge in [-0.2, -0.15) is 5.10 Å². The summed E-state index contributed by atoms with van der Waals surface area (Å²) in [6.45, 7) is 8.43. The molecule has 2 aliphatic carbocycles. The van der Waals surface area contributed by atoms with Crippen molar-refractivity contribution in [1.82, 2.24) is 20.2 Å². The molecule has 26 heavy (non-hydrogen) atoms. The van der Waals surface area contributed by atoms with Gasteiger partial charge in [-0.3, -0.25) is 4.79 Å². The summed E-state index contributed by atoms with van der Waals surface area (Å²) in [6.07, 6.45) is 6.01. The van der Waals surface area contributed by atoms with Crippen molar-refractivity contribution < 1.29 is 9.53 Å². The normalized spacial score (nSPS) is 28.0. The van der Waals surface area contributed by atoms with E-state index in [1.165, 1.54) is 24.6 Å². The van der Waals surface area contributed by atoms with Gasteiger partial charge in [0.2, 0.25) is 0 Å². The Morgan fingerprint density at radius 2 is 2.31 bits per heavy atom. The Labute approximate surface area is 159 Å². The summed E-state index contributed by atoms with van der Waals surface area (Å²) in [7, 11) is 1.69. The maximum Gasteiger partial charge on any atom is 0.250 e. The molecular formula is C18H29N5O2S. The Morgan fingerprint density at radius 1 is 1.50 bits per heavy atom. The number of ether oxygens (including phenoxy) is 1. The van der Waals surface area contributed by atoms with E-state index in [1.807, 2.05) is 4.57 Å². The number of carbonyl (C=O) groups is 1. The van der Waals surface area contributed by atoms with Gasteiger partial charge in [-0.1, -0.05) is 32.5 Å². The monoisotopic (exact) mass is 379 g/mol. The highest BCUT2D eigenvalue weighted by molar-refractivity contribution is 7.99. The minimum absolute atomic E-state index is 0.0990. The van der Waals surface area contributed by atoms with Gasteiger partial charge >= 0.3 is 0 Å². The first-order valence-electron chi connectivity index (χ1n) is 9.24. The highest BCUT2D eigenvalue weighted by Crippen LogP contribution is 2.63. The summed E-state index contributed by atoms with van der Waals surface area (Å²) < 4.78 is 7.01. The van der Waals surface area contributed by atoms with Gasteiger partial charge in [-0.05, 0) is 37.0 Å². The highest BCUT2D eigenvalue weighted by Gasteiger charge is 2.59. The number of thioether (sulfide) groups is 1. The molecule has 0 aromatic carbocycles. The lowest BCUT2D eigenvalue weighted by atomic mass is 9.70. The molecule has 2 bridgehead atoms. The van der Waals surface area contributed by atoms with Crippen LogP contribution in [-0.4, -0.2) is 45.9 Å². The van der Waals surface area contributed by atoms with Gasteiger partial charge < -0.3 is 9.30 Å². The van der Waals surface area contributed by atoms with Crippen molar-refractivity contribution in [3.8, 4) is 0 Å². The van der Waals surface area contributed by atoms with Crippen molar-refractivity contribution in [3.05, 3.63) is 6.33 Å². The standard InChI is InChI=1S/C18H29N5O2S/c1-17(2)13-6-7-18(17,3)14(10-13)20-21-15(24)11-26-16-22-19-12-23(16)8-5-9-25-4/h12-13H,5-11H2,1-4H3,(H,21,24)/b20-14+. The largest absolute Gasteiger partial charge is 0.385 e. The number of hydrazone groups is 1. The second-order valence-corrected chi connectivity index (χ2v) is 8.97. The number of fused-ring (bicyclic) bond motifs is 2. The maximum atomic E-state index is 12.2. The van der Waals surface area contributed by atoms with E-state index < -0.39 is 0 Å². The fraction of sp³-hybridized carbons (Fsp3) is 0.778. The number of hydrogen-bond acceptors (Lipinski definition) is 6. The number of nitrogens with zero attached hydrogens (tertiary/aromatic N) is 4. The van der Waals surface area contributed by atoms with Gasteiger partial charge in [0.25, 0.3) is 5.91 Å². The minimum atomic E-state index is -0.0990. The van der Waals surface area contributed by atoms with Crippen LogP contribution in [-0.2, 0) is 16.1 Å². The van der Waals surface area contributed by atoms with Crippen LogP contribution < -0.4 is 5.43 Å². The summed E-state index contributed by atoms with van der Waals surface area (Å²) >= 11 is 1.38. The van der Waals surface area contributed by atoms with Crippen LogP contribution in [0.4, 0.5) is 0 Å². The number of hydrogen-bond donors (Lipinski definition) is 1. The van der Waals surface area contributed by atoms with Crippen LogP contribution in [0.5, 0.6) is 0 Å². The van der Waals surface area contributed by atoms with E-state index in [4.69, 9.17) is 4.74 Å². The smallest absolute Gasteiger partial charge is 0.250 e. The second-order valence-electron chi connectivity index (χ2n) is 8.03. The Hall–Kier alpha value is -1.41. The third-order valence-corrected chi connectivity index (χ3v) is 7.47. The van der Waals surface area contributed by atoms with E-state index in [2.05, 4.69) is 41.5 Å². The van der Waals surface area contributed by atoms with Gasteiger partial charge in [-0.15, -0.1) is 10.2 Å². The van der Waals surface area contributed by atoms with Crippen LogP contribution in [0.2, 0.25) is 0 Å². The summed E-state index contributed by atoms with van der Waals surface area (Å²) in [6, 6.07) is 0. The van der Waals surface area contributed by atoms with E-state index in [-0.39, 0.29) is 22.5 Å². The molecule has 2 aliphatic rings. The van der Waals surface area contributed by atoms with E-state index in [1.54, 1.807) is 13.4 Å². The van der Waals surface area contributed by atoms with Crippen molar-refractivity contribution in [1.29, 1.82) is 0 Å². The zero-order valence-electron chi connectivity index (χ0n) is 16.1. The van der Waals surface area contributed by atoms with Crippen molar-refractivity contribution in [2.75, 3.05) is 19.5 Å². The zero-order chi connectivity index (χ0) is 18.8. The minimum Gasteiger partial charge on any atom is -0.385 e. The number of carbonyl (C=O) groups excluding carboxylic acids is 1. The van der Waals surface area contributed by atoms with Crippen LogP contribution in [0.1, 0.15) is 46.5 Å². The number of methoxy groups -OCH3 is 1. The summed E-state index contributed by atoms with van der Waals surface area (Å²) in [5.74, 6) is 0.866. The van der Waals surface area contributed by atoms with Crippen molar-refractivity contribution in [2.45, 2.75) is 58.2 Å². The molecule has 3 rings (SSSR count). The number of aromatic nitrogens is 3. The van der Waals surface area contributed by atoms with Crippen LogP contribution in [0, 0.1) is 16.7 Å². The predicted octanol–water partition coefficient (Wildman–Crippen LogP) is 2.73. The molecule has 1 amide bonds. The van der Waals surface area contributed by atoms with E-state index in [0.29, 0.717) is 12.5 Å². The molecule has 8 heteroatoms. The maximum absolute atomic E-state index is 12.2. The number of amides is 1. The summed E-state index contributed by atoms with van der Waals surface area (Å²) in [5.41, 5.74) is 4.29. The molecular weight excluding hydrogens is 350 g/mol. The van der Waals surface area contributed by atoms with Crippen LogP contribution in [0.25, 0.3) is 0 Å². The lowest BCUT2D eigenvalue weighted by Gasteiger charge is -2.34. The van der Waals surface area contributed by atoms with Crippen LogP contribution in [0.3, 0.4) is 0 Å². The van der Waals surface area contributed by atoms with Gasteiger partial charge in [0.05, 0.1) is 5.75 Å². The van der Waals surface area contributed by atoms with Gasteiger partial charge in [0.1, 0.15) is 6.33 Å². The molecule has 2 unspecified atom stereocenters. The molecule has 0 saturated heterocycles. The van der Waals surface area contributed by atoms with Crippen LogP contribution in [0.15, 0.2) is 16.6 Å². The topological polar surface area (TPSA) is 81.4 Å². The molecule has 144 valence electrons. The Bertz CT molecular complexity index is 687. The Kier molecular flexibility index (Phi) is 5.72. The van der Waals surface area contributed by atoms with E-state index in [0.717, 1.165) is 30.3 Å². The lowest BCUT2D eigenvalue weighted by Crippen LogP contribution is -2.34. The first-order chi connectivity index (χ1) is 12.4. The Balaban J connectivity index is 1.51. The number of aryl methyl sites for hydroxylation is 1. The first kappa shape index (κ1) is 19.4. The predicted molar refractivity (Wildman–Crippen MR) is 102 cm³/mol. The number of rotatable bonds is 8. The molecule has 7 nitrogen and oxygen atoms in total. The van der Waals surface area contributed by atoms with E-state index >= 15 is 0 Å². The molecule has 1 aromatic heterocycles. The molecule has 1 aromatic rings. The van der Waals surface area contributed by atoms with Gasteiger partial charge in [-0.25, -0.2) is 5.43 Å². The second kappa shape index (κ2) is 7.68. The fourth-order valence-corrected chi connectivity index (χ4v) is 5.01. The van der Waals surface area contributed by atoms with Crippen molar-refractivity contribution >= 4 is 23.4 Å². The lowest BCUT2D eigenvalue weighted by molar-refractivity contribution is -0.118. The summed E-state index contributed by atoms with van der Waals surface area (Å²) in [4.78, 5) is 12.2. The molecule has 0 radical (unpaired) electrons. The SMILES string of the molecule is COCCCn1cnnc1SCC(=O)N/N=C1\CC2CCC1(C)C2(C)C. The molecule has 1 N–H and O–H groups in total. The quantitative estimate of drug-likeness (QED) is 0.427. The van der Waals surface area contributed by atoms with Gasteiger partial charge in [0.15, 0.2) is 5.16 Å². The van der Waals surface area contributed by atoms with Crippen molar-refractivity contribution in [3.63, 3.8) is 0 Å². The average Bonchev–Trinajstić information content (AvgIpc) is 3.20. The van der Waals surface area contributed by atoms with Crippen molar-refractivity contribution in [2.24, 2.45) is 21.8 Å².